The van der Waals surface area contributed by atoms with Crippen molar-refractivity contribution in [3.63, 3.8) is 0 Å². The summed E-state index contributed by atoms with van der Waals surface area (Å²) in [5.74, 6) is 1.10. The molecule has 0 bridgehead atoms. The van der Waals surface area contributed by atoms with Gasteiger partial charge in [0.2, 0.25) is 5.91 Å². The van der Waals surface area contributed by atoms with E-state index in [2.05, 4.69) is 53.1 Å². The van der Waals surface area contributed by atoms with Crippen LogP contribution in [0.2, 0.25) is 0 Å². The quantitative estimate of drug-likeness (QED) is 0.817. The minimum absolute atomic E-state index is 0.234. The van der Waals surface area contributed by atoms with Crippen molar-refractivity contribution in [3.05, 3.63) is 54.1 Å². The number of amides is 1. The Balaban J connectivity index is 1.36. The molecule has 1 fully saturated rings. The molecule has 28 heavy (non-hydrogen) atoms. The predicted molar refractivity (Wildman–Crippen MR) is 113 cm³/mol. The van der Waals surface area contributed by atoms with E-state index >= 15 is 0 Å². The van der Waals surface area contributed by atoms with Crippen molar-refractivity contribution in [1.82, 2.24) is 4.90 Å². The van der Waals surface area contributed by atoms with Crippen LogP contribution in [0.5, 0.6) is 5.75 Å². The summed E-state index contributed by atoms with van der Waals surface area (Å²) in [4.78, 5) is 19.6. The normalized spacial score (nSPS) is 19.4. The number of fused-ring (bicyclic) bond motifs is 1. The van der Waals surface area contributed by atoms with Crippen molar-refractivity contribution in [1.29, 1.82) is 0 Å². The highest BCUT2D eigenvalue weighted by Crippen LogP contribution is 2.30. The number of hydrogen-bond donors (Lipinski definition) is 0. The van der Waals surface area contributed by atoms with Gasteiger partial charge in [0.1, 0.15) is 5.75 Å². The van der Waals surface area contributed by atoms with Gasteiger partial charge in [0.05, 0.1) is 13.7 Å². The molecule has 2 aliphatic heterocycles. The van der Waals surface area contributed by atoms with Crippen LogP contribution >= 0.6 is 0 Å². The van der Waals surface area contributed by atoms with E-state index < -0.39 is 0 Å². The minimum atomic E-state index is 0.234. The zero-order chi connectivity index (χ0) is 19.5. The lowest BCUT2D eigenvalue weighted by Gasteiger charge is -2.40. The number of ether oxygens (including phenoxy) is 1. The maximum atomic E-state index is 13.0. The van der Waals surface area contributed by atoms with Gasteiger partial charge in [-0.1, -0.05) is 18.2 Å². The van der Waals surface area contributed by atoms with Crippen LogP contribution in [0.15, 0.2) is 48.5 Å². The zero-order valence-corrected chi connectivity index (χ0v) is 16.8. The molecule has 0 aliphatic carbocycles. The Morgan fingerprint density at radius 2 is 1.75 bits per heavy atom. The van der Waals surface area contributed by atoms with Crippen LogP contribution in [0.1, 0.15) is 18.9 Å². The Hall–Kier alpha value is -2.69. The number of benzene rings is 2. The number of rotatable bonds is 4. The summed E-state index contributed by atoms with van der Waals surface area (Å²) in [6.07, 6.45) is 2.21. The predicted octanol–water partition coefficient (Wildman–Crippen LogP) is 3.19. The first-order valence-corrected chi connectivity index (χ1v) is 10.2. The fraction of sp³-hybridized carbons (Fsp3) is 0.435. The SMILES string of the molecule is COc1ccc(N2CCN(C(=O)CN3c4ccccc4CC[C@H]3C)CC2)cc1. The summed E-state index contributed by atoms with van der Waals surface area (Å²) >= 11 is 0. The first-order valence-electron chi connectivity index (χ1n) is 10.2. The van der Waals surface area contributed by atoms with Gasteiger partial charge in [-0.05, 0) is 55.7 Å². The molecule has 5 heteroatoms. The minimum Gasteiger partial charge on any atom is -0.497 e. The van der Waals surface area contributed by atoms with Crippen LogP contribution in [0, 0.1) is 0 Å². The molecule has 2 aliphatic rings. The maximum absolute atomic E-state index is 13.0. The van der Waals surface area contributed by atoms with E-state index in [1.54, 1.807) is 7.11 Å². The number of piperazine rings is 1. The number of aryl methyl sites for hydroxylation is 1. The molecule has 5 nitrogen and oxygen atoms in total. The number of hydrogen-bond acceptors (Lipinski definition) is 4. The van der Waals surface area contributed by atoms with E-state index in [-0.39, 0.29) is 5.91 Å². The molecule has 1 atom stereocenters. The Labute approximate surface area is 167 Å². The van der Waals surface area contributed by atoms with Crippen molar-refractivity contribution in [2.75, 3.05) is 49.6 Å². The summed E-state index contributed by atoms with van der Waals surface area (Å²) in [6, 6.07) is 17.1. The second-order valence-electron chi connectivity index (χ2n) is 7.71. The largest absolute Gasteiger partial charge is 0.497 e. The second-order valence-corrected chi connectivity index (χ2v) is 7.71. The maximum Gasteiger partial charge on any atom is 0.242 e. The standard InChI is InChI=1S/C23H29N3O2/c1-18-7-8-19-5-3-4-6-22(19)26(18)17-23(27)25-15-13-24(14-16-25)20-9-11-21(28-2)12-10-20/h3-6,9-12,18H,7-8,13-17H2,1-2H3/t18-/m1/s1. The van der Waals surface area contributed by atoms with E-state index in [1.165, 1.54) is 16.9 Å². The Bertz CT molecular complexity index is 813. The average Bonchev–Trinajstić information content (AvgIpc) is 2.76. The van der Waals surface area contributed by atoms with Gasteiger partial charge in [-0.2, -0.15) is 0 Å². The van der Waals surface area contributed by atoms with Crippen molar-refractivity contribution in [3.8, 4) is 5.75 Å². The van der Waals surface area contributed by atoms with Gasteiger partial charge in [-0.15, -0.1) is 0 Å². The lowest BCUT2D eigenvalue weighted by molar-refractivity contribution is -0.130. The molecule has 1 amide bonds. The number of nitrogens with zero attached hydrogens (tertiary/aromatic N) is 3. The Morgan fingerprint density at radius 3 is 2.46 bits per heavy atom. The number of carbonyl (C=O) groups excluding carboxylic acids is 1. The van der Waals surface area contributed by atoms with Gasteiger partial charge in [0.25, 0.3) is 0 Å². The summed E-state index contributed by atoms with van der Waals surface area (Å²) in [6.45, 7) is 5.98. The highest BCUT2D eigenvalue weighted by molar-refractivity contribution is 5.82. The highest BCUT2D eigenvalue weighted by atomic mass is 16.5. The molecule has 1 saturated heterocycles. The molecule has 0 N–H and O–H groups in total. The lowest BCUT2D eigenvalue weighted by atomic mass is 9.96. The summed E-state index contributed by atoms with van der Waals surface area (Å²) < 4.78 is 5.23. The number of para-hydroxylation sites is 1. The van der Waals surface area contributed by atoms with E-state index in [0.29, 0.717) is 12.6 Å². The molecule has 0 radical (unpaired) electrons. The highest BCUT2D eigenvalue weighted by Gasteiger charge is 2.28. The first kappa shape index (κ1) is 18.7. The fourth-order valence-electron chi connectivity index (χ4n) is 4.25. The second kappa shape index (κ2) is 8.13. The topological polar surface area (TPSA) is 36.0 Å². The van der Waals surface area contributed by atoms with Gasteiger partial charge in [0, 0.05) is 43.6 Å². The molecule has 0 saturated carbocycles. The van der Waals surface area contributed by atoms with E-state index in [9.17, 15) is 4.79 Å². The monoisotopic (exact) mass is 379 g/mol. The molecule has 0 unspecified atom stereocenters. The Kier molecular flexibility index (Phi) is 5.42. The number of methoxy groups -OCH3 is 1. The van der Waals surface area contributed by atoms with Gasteiger partial charge >= 0.3 is 0 Å². The zero-order valence-electron chi connectivity index (χ0n) is 16.8. The third-order valence-electron chi connectivity index (χ3n) is 6.04. The molecule has 2 heterocycles. The number of anilines is 2. The van der Waals surface area contributed by atoms with Gasteiger partial charge < -0.3 is 19.4 Å². The van der Waals surface area contributed by atoms with Crippen LogP contribution in [-0.2, 0) is 11.2 Å². The molecule has 4 rings (SSSR count). The third-order valence-corrected chi connectivity index (χ3v) is 6.04. The van der Waals surface area contributed by atoms with Gasteiger partial charge in [-0.25, -0.2) is 0 Å². The lowest BCUT2D eigenvalue weighted by Crippen LogP contribution is -2.52. The number of carbonyl (C=O) groups is 1. The molecule has 0 spiro atoms. The van der Waals surface area contributed by atoms with Crippen molar-refractivity contribution in [2.24, 2.45) is 0 Å². The van der Waals surface area contributed by atoms with Crippen molar-refractivity contribution < 1.29 is 9.53 Å². The third kappa shape index (κ3) is 3.79. The van der Waals surface area contributed by atoms with Crippen molar-refractivity contribution >= 4 is 17.3 Å². The molecular formula is C23H29N3O2. The van der Waals surface area contributed by atoms with Gasteiger partial charge in [-0.3, -0.25) is 4.79 Å². The van der Waals surface area contributed by atoms with Crippen molar-refractivity contribution in [2.45, 2.75) is 25.8 Å². The van der Waals surface area contributed by atoms with E-state index in [4.69, 9.17) is 4.74 Å². The molecule has 148 valence electrons. The van der Waals surface area contributed by atoms with Crippen LogP contribution in [0.4, 0.5) is 11.4 Å². The summed E-state index contributed by atoms with van der Waals surface area (Å²) in [5.41, 5.74) is 3.77. The molecule has 2 aromatic rings. The van der Waals surface area contributed by atoms with Crippen LogP contribution in [0.25, 0.3) is 0 Å². The molecule has 2 aromatic carbocycles. The van der Waals surface area contributed by atoms with E-state index in [0.717, 1.165) is 44.8 Å². The van der Waals surface area contributed by atoms with Crippen LogP contribution in [0.3, 0.4) is 0 Å². The summed E-state index contributed by atoms with van der Waals surface area (Å²) in [7, 11) is 1.68. The van der Waals surface area contributed by atoms with Crippen LogP contribution < -0.4 is 14.5 Å². The molecule has 0 aromatic heterocycles. The fourth-order valence-corrected chi connectivity index (χ4v) is 4.25. The smallest absolute Gasteiger partial charge is 0.242 e. The van der Waals surface area contributed by atoms with E-state index in [1.807, 2.05) is 17.0 Å². The Morgan fingerprint density at radius 1 is 1.04 bits per heavy atom. The first-order chi connectivity index (χ1) is 13.7. The average molecular weight is 380 g/mol. The molecular weight excluding hydrogens is 350 g/mol. The van der Waals surface area contributed by atoms with Crippen LogP contribution in [-0.4, -0.2) is 56.7 Å². The summed E-state index contributed by atoms with van der Waals surface area (Å²) in [5, 5.41) is 0. The van der Waals surface area contributed by atoms with Gasteiger partial charge in [0.15, 0.2) is 0 Å².